The Bertz CT molecular complexity index is 776. The average Bonchev–Trinajstić information content (AvgIpc) is 3.08. The summed E-state index contributed by atoms with van der Waals surface area (Å²) in [6.45, 7) is 1.64. The summed E-state index contributed by atoms with van der Waals surface area (Å²) < 4.78 is 12.8. The van der Waals surface area contributed by atoms with Crippen LogP contribution in [0.15, 0.2) is 36.4 Å². The van der Waals surface area contributed by atoms with Crippen molar-refractivity contribution in [3.05, 3.63) is 57.5 Å². The third-order valence-electron chi connectivity index (χ3n) is 3.27. The van der Waals surface area contributed by atoms with Gasteiger partial charge < -0.3 is 10.6 Å². The van der Waals surface area contributed by atoms with E-state index >= 15 is 0 Å². The molecule has 0 saturated heterocycles. The molecule has 132 valence electrons. The fraction of sp³-hybridized carbons (Fsp3) is 0.188. The maximum absolute atomic E-state index is 12.8. The van der Waals surface area contributed by atoms with Gasteiger partial charge in [-0.15, -0.1) is 11.3 Å². The van der Waals surface area contributed by atoms with Gasteiger partial charge in [-0.1, -0.05) is 0 Å². The van der Waals surface area contributed by atoms with Gasteiger partial charge in [0, 0.05) is 10.4 Å². The van der Waals surface area contributed by atoms with E-state index in [-0.39, 0.29) is 12.5 Å². The number of hydrogen-bond donors (Lipinski definition) is 4. The Hall–Kier alpha value is -2.78. The monoisotopic (exact) mass is 365 g/mol. The lowest BCUT2D eigenvalue weighted by molar-refractivity contribution is -0.130. The number of hydroxylamine groups is 1. The Balaban J connectivity index is 1.90. The van der Waals surface area contributed by atoms with Crippen LogP contribution in [0.1, 0.15) is 31.8 Å². The molecule has 0 aliphatic heterocycles. The lowest BCUT2D eigenvalue weighted by Gasteiger charge is -2.10. The maximum atomic E-state index is 12.8. The molecule has 0 aliphatic carbocycles. The molecule has 4 N–H and O–H groups in total. The number of carbonyl (C=O) groups is 3. The van der Waals surface area contributed by atoms with Crippen LogP contribution in [0, 0.1) is 5.82 Å². The van der Waals surface area contributed by atoms with Gasteiger partial charge in [0.15, 0.2) is 0 Å². The molecular formula is C16H16FN3O4S. The van der Waals surface area contributed by atoms with Crippen molar-refractivity contribution in [2.24, 2.45) is 0 Å². The van der Waals surface area contributed by atoms with Crippen molar-refractivity contribution in [3.8, 4) is 0 Å². The SMILES string of the molecule is C[C@H](NC(=O)c1ccc(CNC(=O)c2ccc(F)cc2)s1)C(=O)NO. The van der Waals surface area contributed by atoms with E-state index in [0.717, 1.165) is 16.2 Å². The molecule has 0 saturated carbocycles. The van der Waals surface area contributed by atoms with Crippen molar-refractivity contribution in [3.63, 3.8) is 0 Å². The summed E-state index contributed by atoms with van der Waals surface area (Å²) in [4.78, 5) is 36.2. The first-order valence-electron chi connectivity index (χ1n) is 7.28. The summed E-state index contributed by atoms with van der Waals surface area (Å²) >= 11 is 1.16. The van der Waals surface area contributed by atoms with E-state index in [1.54, 1.807) is 12.1 Å². The van der Waals surface area contributed by atoms with Gasteiger partial charge in [-0.3, -0.25) is 19.6 Å². The molecule has 2 rings (SSSR count). The van der Waals surface area contributed by atoms with Gasteiger partial charge in [-0.2, -0.15) is 0 Å². The topological polar surface area (TPSA) is 108 Å². The van der Waals surface area contributed by atoms with Crippen LogP contribution in [-0.4, -0.2) is 29.0 Å². The normalized spacial score (nSPS) is 11.5. The summed E-state index contributed by atoms with van der Waals surface area (Å²) in [5.74, 6) is -1.96. The number of amides is 3. The summed E-state index contributed by atoms with van der Waals surface area (Å²) in [5.41, 5.74) is 1.79. The van der Waals surface area contributed by atoms with Crippen molar-refractivity contribution in [2.75, 3.05) is 0 Å². The predicted molar refractivity (Wildman–Crippen MR) is 88.7 cm³/mol. The lowest BCUT2D eigenvalue weighted by Crippen LogP contribution is -2.43. The molecule has 0 bridgehead atoms. The number of hydrogen-bond acceptors (Lipinski definition) is 5. The molecule has 0 unspecified atom stereocenters. The van der Waals surface area contributed by atoms with E-state index in [2.05, 4.69) is 10.6 Å². The van der Waals surface area contributed by atoms with Crippen LogP contribution in [0.4, 0.5) is 4.39 Å². The number of rotatable bonds is 6. The first-order chi connectivity index (χ1) is 11.9. The highest BCUT2D eigenvalue weighted by molar-refractivity contribution is 7.14. The van der Waals surface area contributed by atoms with Crippen LogP contribution in [0.25, 0.3) is 0 Å². The Morgan fingerprint density at radius 3 is 2.44 bits per heavy atom. The molecule has 1 atom stereocenters. The molecule has 25 heavy (non-hydrogen) atoms. The molecule has 9 heteroatoms. The van der Waals surface area contributed by atoms with Crippen LogP contribution in [0.3, 0.4) is 0 Å². The van der Waals surface area contributed by atoms with Gasteiger partial charge in [0.05, 0.1) is 11.4 Å². The number of halogens is 1. The minimum absolute atomic E-state index is 0.209. The first-order valence-corrected chi connectivity index (χ1v) is 8.09. The van der Waals surface area contributed by atoms with Crippen LogP contribution in [0.5, 0.6) is 0 Å². The number of nitrogens with one attached hydrogen (secondary N) is 3. The Labute approximate surface area is 146 Å². The summed E-state index contributed by atoms with van der Waals surface area (Å²) in [6.07, 6.45) is 0. The number of thiophene rings is 1. The highest BCUT2D eigenvalue weighted by Crippen LogP contribution is 2.16. The highest BCUT2D eigenvalue weighted by atomic mass is 32.1. The average molecular weight is 365 g/mol. The molecule has 7 nitrogen and oxygen atoms in total. The minimum Gasteiger partial charge on any atom is -0.347 e. The zero-order valence-corrected chi connectivity index (χ0v) is 14.0. The van der Waals surface area contributed by atoms with E-state index in [1.807, 2.05) is 0 Å². The maximum Gasteiger partial charge on any atom is 0.265 e. The van der Waals surface area contributed by atoms with E-state index in [9.17, 15) is 18.8 Å². The first kappa shape index (κ1) is 18.6. The van der Waals surface area contributed by atoms with Crippen LogP contribution >= 0.6 is 11.3 Å². The molecule has 0 aliphatic rings. The minimum atomic E-state index is -0.888. The molecule has 2 aromatic rings. The van der Waals surface area contributed by atoms with Crippen molar-refractivity contribution in [1.82, 2.24) is 16.1 Å². The molecule has 1 aromatic carbocycles. The summed E-state index contributed by atoms with van der Waals surface area (Å²) in [7, 11) is 0. The fourth-order valence-corrected chi connectivity index (χ4v) is 2.75. The molecule has 1 aromatic heterocycles. The molecular weight excluding hydrogens is 349 g/mol. The highest BCUT2D eigenvalue weighted by Gasteiger charge is 2.17. The third kappa shape index (κ3) is 5.10. The van der Waals surface area contributed by atoms with E-state index in [1.165, 1.54) is 36.7 Å². The molecule has 0 radical (unpaired) electrons. The Morgan fingerprint density at radius 1 is 1.12 bits per heavy atom. The van der Waals surface area contributed by atoms with Crippen LogP contribution < -0.4 is 16.1 Å². The molecule has 1 heterocycles. The molecule has 0 fully saturated rings. The van der Waals surface area contributed by atoms with Crippen molar-refractivity contribution in [2.45, 2.75) is 19.5 Å². The van der Waals surface area contributed by atoms with Gasteiger partial charge in [0.2, 0.25) is 0 Å². The zero-order chi connectivity index (χ0) is 18.4. The van der Waals surface area contributed by atoms with Crippen LogP contribution in [-0.2, 0) is 11.3 Å². The quantitative estimate of drug-likeness (QED) is 0.459. The smallest absolute Gasteiger partial charge is 0.265 e. The predicted octanol–water partition coefficient (Wildman–Crippen LogP) is 1.44. The lowest BCUT2D eigenvalue weighted by atomic mass is 10.2. The van der Waals surface area contributed by atoms with Gasteiger partial charge in [0.1, 0.15) is 11.9 Å². The number of carbonyl (C=O) groups excluding carboxylic acids is 3. The van der Waals surface area contributed by atoms with Gasteiger partial charge in [-0.25, -0.2) is 9.87 Å². The zero-order valence-electron chi connectivity index (χ0n) is 13.2. The standard InChI is InChI=1S/C16H16FN3O4S/c1-9(14(21)20-24)19-16(23)13-7-6-12(25-13)8-18-15(22)10-2-4-11(17)5-3-10/h2-7,9,24H,8H2,1H3,(H,18,22)(H,19,23)(H,20,21)/t9-/m0/s1. The summed E-state index contributed by atoms with van der Waals surface area (Å²) in [6, 6.07) is 7.53. The summed E-state index contributed by atoms with van der Waals surface area (Å²) in [5, 5.41) is 13.6. The second-order valence-electron chi connectivity index (χ2n) is 5.13. The molecule has 3 amide bonds. The third-order valence-corrected chi connectivity index (χ3v) is 4.35. The molecule has 0 spiro atoms. The Kier molecular flexibility index (Phi) is 6.20. The van der Waals surface area contributed by atoms with Crippen molar-refractivity contribution >= 4 is 29.1 Å². The van der Waals surface area contributed by atoms with Crippen LogP contribution in [0.2, 0.25) is 0 Å². The number of benzene rings is 1. The second-order valence-corrected chi connectivity index (χ2v) is 6.30. The second kappa shape index (κ2) is 8.36. The van der Waals surface area contributed by atoms with Gasteiger partial charge in [0.25, 0.3) is 17.7 Å². The van der Waals surface area contributed by atoms with Crippen molar-refractivity contribution < 1.29 is 24.0 Å². The van der Waals surface area contributed by atoms with E-state index < -0.39 is 23.7 Å². The largest absolute Gasteiger partial charge is 0.347 e. The Morgan fingerprint density at radius 2 is 1.80 bits per heavy atom. The van der Waals surface area contributed by atoms with E-state index in [4.69, 9.17) is 5.21 Å². The fourth-order valence-electron chi connectivity index (χ4n) is 1.90. The van der Waals surface area contributed by atoms with Gasteiger partial charge >= 0.3 is 0 Å². The van der Waals surface area contributed by atoms with E-state index in [0.29, 0.717) is 10.4 Å². The van der Waals surface area contributed by atoms with Crippen molar-refractivity contribution in [1.29, 1.82) is 0 Å². The van der Waals surface area contributed by atoms with Gasteiger partial charge in [-0.05, 0) is 43.3 Å².